The molecule has 2 atom stereocenters. The highest BCUT2D eigenvalue weighted by molar-refractivity contribution is 7.14. The van der Waals surface area contributed by atoms with E-state index in [2.05, 4.69) is 48.2 Å². The van der Waals surface area contributed by atoms with E-state index in [0.717, 1.165) is 44.9 Å². The molecule has 0 unspecified atom stereocenters. The number of Topliss-reactive ketones (excluding diaryl/α,β-unsaturated/α-hetero) is 1. The predicted octanol–water partition coefficient (Wildman–Crippen LogP) is 7.96. The number of carbonyl (C=O) groups excluding carboxylic acids is 2. The van der Waals surface area contributed by atoms with Gasteiger partial charge in [0.2, 0.25) is 5.91 Å². The fourth-order valence-electron chi connectivity index (χ4n) is 5.50. The molecule has 10 heteroatoms. The number of rotatable bonds is 16. The highest BCUT2D eigenvalue weighted by Crippen LogP contribution is 2.31. The van der Waals surface area contributed by atoms with Crippen molar-refractivity contribution in [2.24, 2.45) is 5.92 Å². The van der Waals surface area contributed by atoms with Crippen molar-refractivity contribution in [2.45, 2.75) is 65.0 Å². The summed E-state index contributed by atoms with van der Waals surface area (Å²) in [6.45, 7) is 8.81. The summed E-state index contributed by atoms with van der Waals surface area (Å²) in [5.74, 6) is -1.12. The van der Waals surface area contributed by atoms with Crippen LogP contribution in [-0.4, -0.2) is 52.5 Å². The second-order valence-electron chi connectivity index (χ2n) is 13.9. The summed E-state index contributed by atoms with van der Waals surface area (Å²) in [7, 11) is 1.70. The normalized spacial score (nSPS) is 12.6. The molecule has 0 spiro atoms. The number of nitrogens with zero attached hydrogens (tertiary/aromatic N) is 2. The molecule has 3 aromatic carbocycles. The monoisotopic (exact) mass is 719 g/mol. The van der Waals surface area contributed by atoms with Gasteiger partial charge in [0.25, 0.3) is 0 Å². The van der Waals surface area contributed by atoms with Crippen LogP contribution in [0.25, 0.3) is 22.5 Å². The number of carboxylic acids is 1. The number of benzene rings is 3. The van der Waals surface area contributed by atoms with Gasteiger partial charge in [-0.05, 0) is 71.7 Å². The Hall–Kier alpha value is -5.19. The maximum atomic E-state index is 13.3. The molecule has 0 fully saturated rings. The molecule has 2 heterocycles. The lowest BCUT2D eigenvalue weighted by molar-refractivity contribution is -0.141. The Morgan fingerprint density at radius 2 is 1.42 bits per heavy atom. The number of hydrogen-bond donors (Lipinski definition) is 2. The Kier molecular flexibility index (Phi) is 12.7. The fourth-order valence-corrected chi connectivity index (χ4v) is 6.51. The van der Waals surface area contributed by atoms with Gasteiger partial charge in [-0.15, -0.1) is 11.3 Å². The van der Waals surface area contributed by atoms with Gasteiger partial charge in [0.15, 0.2) is 11.6 Å². The number of nitrogens with one attached hydrogen (secondary N) is 1. The van der Waals surface area contributed by atoms with Crippen molar-refractivity contribution in [3.63, 3.8) is 0 Å². The summed E-state index contributed by atoms with van der Waals surface area (Å²) in [4.78, 5) is 48.8. The summed E-state index contributed by atoms with van der Waals surface area (Å²) < 4.78 is 11.1. The first-order valence-corrected chi connectivity index (χ1v) is 18.1. The summed E-state index contributed by atoms with van der Waals surface area (Å²) in [5, 5.41) is 11.9. The van der Waals surface area contributed by atoms with E-state index in [-0.39, 0.29) is 24.0 Å². The molecule has 5 rings (SSSR count). The summed E-state index contributed by atoms with van der Waals surface area (Å²) in [5.41, 5.74) is 5.67. The zero-order valence-electron chi connectivity index (χ0n) is 30.2. The van der Waals surface area contributed by atoms with Gasteiger partial charge in [0.05, 0.1) is 11.5 Å². The van der Waals surface area contributed by atoms with Crippen LogP contribution in [0.4, 0.5) is 0 Å². The predicted molar refractivity (Wildman–Crippen MR) is 204 cm³/mol. The van der Waals surface area contributed by atoms with Crippen LogP contribution in [0.1, 0.15) is 65.4 Å². The van der Waals surface area contributed by atoms with Crippen LogP contribution in [0.15, 0.2) is 97.3 Å². The Morgan fingerprint density at radius 3 is 2.02 bits per heavy atom. The van der Waals surface area contributed by atoms with Gasteiger partial charge in [0.1, 0.15) is 18.4 Å². The van der Waals surface area contributed by atoms with E-state index in [4.69, 9.17) is 9.47 Å². The van der Waals surface area contributed by atoms with E-state index in [1.54, 1.807) is 25.6 Å². The first-order valence-electron chi connectivity index (χ1n) is 17.3. The van der Waals surface area contributed by atoms with Gasteiger partial charge in [-0.25, -0.2) is 9.97 Å². The van der Waals surface area contributed by atoms with Crippen LogP contribution in [0.2, 0.25) is 0 Å². The molecule has 0 aliphatic heterocycles. The molecule has 0 saturated carbocycles. The number of carbonyl (C=O) groups is 3. The highest BCUT2D eigenvalue weighted by atomic mass is 32.1. The smallest absolute Gasteiger partial charge is 0.325 e. The highest BCUT2D eigenvalue weighted by Gasteiger charge is 2.27. The lowest BCUT2D eigenvalue weighted by Crippen LogP contribution is -2.42. The van der Waals surface area contributed by atoms with Gasteiger partial charge in [-0.3, -0.25) is 14.4 Å². The SMILES string of the molecule is COCCc1ccc(OCc2ccc(-c3cnc(-c4ccc(C[C@H](CC(=O)c5ccc(C(C)(C)C)s5)C(=O)N[C@H](C)C(=O)O)cc4)nc3)cc2)cc1. The van der Waals surface area contributed by atoms with Crippen LogP contribution in [0, 0.1) is 5.92 Å². The molecule has 0 bridgehead atoms. The summed E-state index contributed by atoms with van der Waals surface area (Å²) in [6.07, 6.45) is 4.68. The maximum absolute atomic E-state index is 13.3. The molecule has 0 aliphatic rings. The molecule has 270 valence electrons. The molecular weight excluding hydrogens is 675 g/mol. The van der Waals surface area contributed by atoms with Crippen LogP contribution in [-0.2, 0) is 39.2 Å². The number of methoxy groups -OCH3 is 1. The van der Waals surface area contributed by atoms with Crippen LogP contribution >= 0.6 is 11.3 Å². The number of hydrogen-bond acceptors (Lipinski definition) is 8. The lowest BCUT2D eigenvalue weighted by atomic mass is 9.92. The average Bonchev–Trinajstić information content (AvgIpc) is 3.66. The topological polar surface area (TPSA) is 128 Å². The quantitative estimate of drug-likeness (QED) is 0.0984. The third-order valence-electron chi connectivity index (χ3n) is 8.71. The first kappa shape index (κ1) is 38.1. The Balaban J connectivity index is 1.20. The average molecular weight is 720 g/mol. The molecule has 0 aliphatic carbocycles. The Labute approximate surface area is 309 Å². The fraction of sp³-hybridized carbons (Fsp3) is 0.310. The van der Waals surface area contributed by atoms with E-state index < -0.39 is 23.8 Å². The van der Waals surface area contributed by atoms with E-state index in [1.165, 1.54) is 23.8 Å². The number of thiophene rings is 1. The summed E-state index contributed by atoms with van der Waals surface area (Å²) >= 11 is 1.43. The number of carboxylic acid groups (broad SMARTS) is 1. The maximum Gasteiger partial charge on any atom is 0.325 e. The first-order chi connectivity index (χ1) is 24.9. The van der Waals surface area contributed by atoms with Crippen molar-refractivity contribution in [3.05, 3.63) is 124 Å². The number of aromatic nitrogens is 2. The zero-order valence-corrected chi connectivity index (χ0v) is 31.0. The Morgan fingerprint density at radius 1 is 0.808 bits per heavy atom. The largest absolute Gasteiger partial charge is 0.489 e. The minimum Gasteiger partial charge on any atom is -0.489 e. The molecule has 52 heavy (non-hydrogen) atoms. The summed E-state index contributed by atoms with van der Waals surface area (Å²) in [6, 6.07) is 26.4. The van der Waals surface area contributed by atoms with Crippen LogP contribution < -0.4 is 10.1 Å². The van der Waals surface area contributed by atoms with Gasteiger partial charge < -0.3 is 19.9 Å². The minimum absolute atomic E-state index is 0.0356. The number of amides is 1. The van der Waals surface area contributed by atoms with E-state index in [0.29, 0.717) is 23.9 Å². The number of ketones is 1. The van der Waals surface area contributed by atoms with Crippen LogP contribution in [0.5, 0.6) is 5.75 Å². The standard InChI is InChI=1S/C42H45N3O6S/c1-27(41(48)49)45-40(47)33(23-36(46)37-18-19-38(52-37)42(2,3)4)22-29-6-14-32(15-7-29)39-43-24-34(25-44-39)31-12-8-30(9-13-31)26-51-35-16-10-28(11-17-35)20-21-50-5/h6-19,24-25,27,33H,20-23,26H2,1-5H3,(H,45,47)(H,48,49)/t27-,33-/m1/s1. The molecule has 0 saturated heterocycles. The van der Waals surface area contributed by atoms with Crippen LogP contribution in [0.3, 0.4) is 0 Å². The molecule has 1 amide bonds. The van der Waals surface area contributed by atoms with E-state index >= 15 is 0 Å². The minimum atomic E-state index is -1.14. The van der Waals surface area contributed by atoms with E-state index in [9.17, 15) is 19.5 Å². The molecule has 9 nitrogen and oxygen atoms in total. The van der Waals surface area contributed by atoms with Gasteiger partial charge in [-0.2, -0.15) is 0 Å². The van der Waals surface area contributed by atoms with Crippen molar-refractivity contribution >= 4 is 29.0 Å². The van der Waals surface area contributed by atoms with Gasteiger partial charge in [0, 0.05) is 47.8 Å². The second kappa shape index (κ2) is 17.4. The molecule has 2 aromatic heterocycles. The van der Waals surface area contributed by atoms with Crippen molar-refractivity contribution in [2.75, 3.05) is 13.7 Å². The molecule has 0 radical (unpaired) electrons. The third-order valence-corrected chi connectivity index (χ3v) is 10.3. The number of aliphatic carboxylic acids is 1. The second-order valence-corrected chi connectivity index (χ2v) is 15.0. The van der Waals surface area contributed by atoms with Crippen molar-refractivity contribution in [3.8, 4) is 28.3 Å². The third kappa shape index (κ3) is 10.4. The van der Waals surface area contributed by atoms with Gasteiger partial charge in [-0.1, -0.05) is 81.4 Å². The number of ether oxygens (including phenoxy) is 2. The molecule has 2 N–H and O–H groups in total. The molecular formula is C42H45N3O6S. The van der Waals surface area contributed by atoms with Crippen molar-refractivity contribution in [1.82, 2.24) is 15.3 Å². The van der Waals surface area contributed by atoms with E-state index in [1.807, 2.05) is 66.7 Å². The Bertz CT molecular complexity index is 1950. The lowest BCUT2D eigenvalue weighted by Gasteiger charge is -2.18. The van der Waals surface area contributed by atoms with Crippen molar-refractivity contribution in [1.29, 1.82) is 0 Å². The zero-order chi connectivity index (χ0) is 37.3. The van der Waals surface area contributed by atoms with Crippen molar-refractivity contribution < 1.29 is 29.0 Å². The van der Waals surface area contributed by atoms with Gasteiger partial charge >= 0.3 is 5.97 Å². The molecule has 5 aromatic rings.